The lowest BCUT2D eigenvalue weighted by Crippen LogP contribution is -2.32. The monoisotopic (exact) mass is 316 g/mol. The highest BCUT2D eigenvalue weighted by Crippen LogP contribution is 2.22. The summed E-state index contributed by atoms with van der Waals surface area (Å²) in [4.78, 5) is 0.127. The molecular formula is C11H13BrN2O2S. The molecule has 0 bridgehead atoms. The van der Waals surface area contributed by atoms with Crippen molar-refractivity contribution in [2.24, 2.45) is 0 Å². The van der Waals surface area contributed by atoms with Crippen molar-refractivity contribution in [3.05, 3.63) is 22.7 Å². The van der Waals surface area contributed by atoms with Crippen molar-refractivity contribution in [2.75, 3.05) is 5.73 Å². The van der Waals surface area contributed by atoms with Gasteiger partial charge in [0, 0.05) is 22.6 Å². The highest BCUT2D eigenvalue weighted by atomic mass is 79.9. The Bertz CT molecular complexity index is 549. The van der Waals surface area contributed by atoms with E-state index in [1.165, 1.54) is 12.1 Å². The van der Waals surface area contributed by atoms with Gasteiger partial charge in [0.15, 0.2) is 0 Å². The van der Waals surface area contributed by atoms with E-state index >= 15 is 0 Å². The molecule has 0 spiro atoms. The summed E-state index contributed by atoms with van der Waals surface area (Å²) < 4.78 is 27.0. The van der Waals surface area contributed by atoms with Gasteiger partial charge in [0.05, 0.1) is 4.90 Å². The van der Waals surface area contributed by atoms with Gasteiger partial charge in [-0.15, -0.1) is 12.3 Å². The summed E-state index contributed by atoms with van der Waals surface area (Å²) in [6.07, 6.45) is 5.46. The molecular weight excluding hydrogens is 304 g/mol. The molecule has 1 rings (SSSR count). The zero-order chi connectivity index (χ0) is 13.1. The highest BCUT2D eigenvalue weighted by Gasteiger charge is 2.17. The summed E-state index contributed by atoms with van der Waals surface area (Å²) >= 11 is 3.21. The largest absolute Gasteiger partial charge is 0.398 e. The number of terminal acetylenes is 1. The smallest absolute Gasteiger partial charge is 0.240 e. The molecule has 0 amide bonds. The van der Waals surface area contributed by atoms with Crippen molar-refractivity contribution in [1.29, 1.82) is 0 Å². The molecule has 6 heteroatoms. The van der Waals surface area contributed by atoms with Gasteiger partial charge in [-0.05, 0) is 41.1 Å². The lowest BCUT2D eigenvalue weighted by molar-refractivity contribution is 0.563. The van der Waals surface area contributed by atoms with E-state index in [-0.39, 0.29) is 10.9 Å². The molecule has 0 saturated carbocycles. The van der Waals surface area contributed by atoms with Crippen molar-refractivity contribution in [1.82, 2.24) is 4.72 Å². The van der Waals surface area contributed by atoms with E-state index in [4.69, 9.17) is 12.2 Å². The minimum absolute atomic E-state index is 0.127. The first-order valence-corrected chi connectivity index (χ1v) is 7.15. The molecule has 1 unspecified atom stereocenters. The van der Waals surface area contributed by atoms with Crippen LogP contribution in [0.4, 0.5) is 5.69 Å². The number of anilines is 1. The average Bonchev–Trinajstić information content (AvgIpc) is 2.21. The summed E-state index contributed by atoms with van der Waals surface area (Å²) in [6.45, 7) is 1.71. The molecule has 4 nitrogen and oxygen atoms in total. The second kappa shape index (κ2) is 5.54. The van der Waals surface area contributed by atoms with E-state index in [1.807, 2.05) is 0 Å². The standard InChI is InChI=1S/C11H13BrN2O2S/c1-3-4-8(2)14-17(15,16)9-5-6-10(12)11(13)7-9/h1,5-8,14H,4,13H2,2H3. The molecule has 0 aromatic heterocycles. The van der Waals surface area contributed by atoms with Gasteiger partial charge in [-0.2, -0.15) is 0 Å². The SMILES string of the molecule is C#CCC(C)NS(=O)(=O)c1ccc(Br)c(N)c1. The third-order valence-electron chi connectivity index (χ3n) is 2.06. The lowest BCUT2D eigenvalue weighted by atomic mass is 10.3. The average molecular weight is 317 g/mol. The Balaban J connectivity index is 2.98. The van der Waals surface area contributed by atoms with Crippen molar-refractivity contribution in [3.8, 4) is 12.3 Å². The van der Waals surface area contributed by atoms with Crippen LogP contribution in [0.3, 0.4) is 0 Å². The van der Waals surface area contributed by atoms with E-state index in [9.17, 15) is 8.42 Å². The summed E-state index contributed by atoms with van der Waals surface area (Å²) in [5, 5.41) is 0. The van der Waals surface area contributed by atoms with Crippen LogP contribution in [0.2, 0.25) is 0 Å². The summed E-state index contributed by atoms with van der Waals surface area (Å²) in [5.41, 5.74) is 6.01. The van der Waals surface area contributed by atoms with Crippen LogP contribution < -0.4 is 10.5 Å². The molecule has 92 valence electrons. The Labute approximate surface area is 110 Å². The number of halogens is 1. The molecule has 0 radical (unpaired) electrons. The molecule has 0 fully saturated rings. The van der Waals surface area contributed by atoms with Crippen molar-refractivity contribution >= 4 is 31.6 Å². The Kier molecular flexibility index (Phi) is 4.57. The summed E-state index contributed by atoms with van der Waals surface area (Å²) in [7, 11) is -3.57. The second-order valence-electron chi connectivity index (χ2n) is 3.61. The molecule has 0 aliphatic carbocycles. The van der Waals surface area contributed by atoms with E-state index in [0.29, 0.717) is 16.6 Å². The Hall–Kier alpha value is -1.03. The minimum atomic E-state index is -3.57. The number of sulfonamides is 1. The number of nitrogens with one attached hydrogen (secondary N) is 1. The Morgan fingerprint density at radius 3 is 2.76 bits per heavy atom. The van der Waals surface area contributed by atoms with Crippen LogP contribution in [0, 0.1) is 12.3 Å². The molecule has 3 N–H and O–H groups in total. The van der Waals surface area contributed by atoms with Gasteiger partial charge in [0.1, 0.15) is 0 Å². The normalized spacial score (nSPS) is 13.0. The fourth-order valence-electron chi connectivity index (χ4n) is 1.24. The predicted octanol–water partition coefficient (Wildman–Crippen LogP) is 1.72. The van der Waals surface area contributed by atoms with Gasteiger partial charge < -0.3 is 5.73 Å². The first kappa shape index (κ1) is 14.0. The van der Waals surface area contributed by atoms with Crippen LogP contribution in [0.15, 0.2) is 27.6 Å². The molecule has 0 saturated heterocycles. The topological polar surface area (TPSA) is 72.2 Å². The zero-order valence-electron chi connectivity index (χ0n) is 9.27. The maximum absolute atomic E-state index is 11.9. The van der Waals surface area contributed by atoms with Crippen molar-refractivity contribution in [3.63, 3.8) is 0 Å². The molecule has 1 atom stereocenters. The minimum Gasteiger partial charge on any atom is -0.398 e. The number of rotatable bonds is 4. The number of nitrogens with two attached hydrogens (primary N) is 1. The number of hydrogen-bond acceptors (Lipinski definition) is 3. The number of benzene rings is 1. The fourth-order valence-corrected chi connectivity index (χ4v) is 2.77. The molecule has 1 aromatic carbocycles. The van der Waals surface area contributed by atoms with Gasteiger partial charge in [-0.25, -0.2) is 13.1 Å². The van der Waals surface area contributed by atoms with Crippen LogP contribution in [-0.4, -0.2) is 14.5 Å². The molecule has 0 heterocycles. The predicted molar refractivity (Wildman–Crippen MR) is 71.8 cm³/mol. The van der Waals surface area contributed by atoms with Crippen LogP contribution in [-0.2, 0) is 10.0 Å². The van der Waals surface area contributed by atoms with E-state index in [1.54, 1.807) is 13.0 Å². The van der Waals surface area contributed by atoms with E-state index in [2.05, 4.69) is 26.6 Å². The maximum atomic E-state index is 11.9. The fraction of sp³-hybridized carbons (Fsp3) is 0.273. The lowest BCUT2D eigenvalue weighted by Gasteiger charge is -2.12. The molecule has 0 aliphatic heterocycles. The van der Waals surface area contributed by atoms with Gasteiger partial charge in [0.2, 0.25) is 10.0 Å². The van der Waals surface area contributed by atoms with Crippen LogP contribution in [0.5, 0.6) is 0 Å². The van der Waals surface area contributed by atoms with E-state index in [0.717, 1.165) is 0 Å². The summed E-state index contributed by atoms with van der Waals surface area (Å²) in [5.74, 6) is 2.40. The second-order valence-corrected chi connectivity index (χ2v) is 6.18. The Morgan fingerprint density at radius 2 is 2.24 bits per heavy atom. The third kappa shape index (κ3) is 3.73. The quantitative estimate of drug-likeness (QED) is 0.656. The van der Waals surface area contributed by atoms with Crippen molar-refractivity contribution in [2.45, 2.75) is 24.3 Å². The molecule has 17 heavy (non-hydrogen) atoms. The first-order chi connectivity index (χ1) is 7.86. The van der Waals surface area contributed by atoms with Gasteiger partial charge >= 0.3 is 0 Å². The Morgan fingerprint density at radius 1 is 1.59 bits per heavy atom. The molecule has 0 aliphatic rings. The van der Waals surface area contributed by atoms with Gasteiger partial charge in [-0.3, -0.25) is 0 Å². The highest BCUT2D eigenvalue weighted by molar-refractivity contribution is 9.10. The van der Waals surface area contributed by atoms with Crippen LogP contribution in [0.1, 0.15) is 13.3 Å². The van der Waals surface area contributed by atoms with Gasteiger partial charge in [-0.1, -0.05) is 0 Å². The van der Waals surface area contributed by atoms with Gasteiger partial charge in [0.25, 0.3) is 0 Å². The van der Waals surface area contributed by atoms with Crippen molar-refractivity contribution < 1.29 is 8.42 Å². The zero-order valence-corrected chi connectivity index (χ0v) is 11.7. The molecule has 1 aromatic rings. The third-order valence-corrected chi connectivity index (χ3v) is 4.37. The summed E-state index contributed by atoms with van der Waals surface area (Å²) in [6, 6.07) is 4.16. The number of nitrogen functional groups attached to an aromatic ring is 1. The van der Waals surface area contributed by atoms with Crippen LogP contribution in [0.25, 0.3) is 0 Å². The first-order valence-electron chi connectivity index (χ1n) is 4.87. The number of hydrogen-bond donors (Lipinski definition) is 2. The maximum Gasteiger partial charge on any atom is 0.240 e. The van der Waals surface area contributed by atoms with E-state index < -0.39 is 10.0 Å². The van der Waals surface area contributed by atoms with Crippen LogP contribution >= 0.6 is 15.9 Å².